The lowest BCUT2D eigenvalue weighted by atomic mass is 9.97. The van der Waals surface area contributed by atoms with E-state index in [4.69, 9.17) is 5.73 Å². The first-order valence-corrected chi connectivity index (χ1v) is 5.66. The minimum absolute atomic E-state index is 0.117. The van der Waals surface area contributed by atoms with Crippen molar-refractivity contribution in [1.29, 1.82) is 0 Å². The summed E-state index contributed by atoms with van der Waals surface area (Å²) >= 11 is 0. The first-order chi connectivity index (χ1) is 7.93. The van der Waals surface area contributed by atoms with Gasteiger partial charge in [0.05, 0.1) is 17.6 Å². The van der Waals surface area contributed by atoms with E-state index in [0.717, 1.165) is 18.8 Å². The number of nitrogens with zero attached hydrogens (tertiary/aromatic N) is 3. The fraction of sp³-hybridized carbons (Fsp3) is 0.500. The fourth-order valence-corrected chi connectivity index (χ4v) is 2.26. The lowest BCUT2D eigenvalue weighted by Gasteiger charge is -2.46. The van der Waals surface area contributed by atoms with Gasteiger partial charge >= 0.3 is 0 Å². The summed E-state index contributed by atoms with van der Waals surface area (Å²) in [5, 5.41) is 0. The molecule has 5 nitrogen and oxygen atoms in total. The van der Waals surface area contributed by atoms with Gasteiger partial charge in [-0.2, -0.15) is 0 Å². The molecule has 1 saturated heterocycles. The minimum atomic E-state index is -0.553. The molecule has 1 aliphatic heterocycles. The molecule has 1 aromatic rings. The number of amides is 1. The van der Waals surface area contributed by atoms with Crippen LogP contribution in [0.25, 0.3) is 0 Å². The van der Waals surface area contributed by atoms with Crippen LogP contribution in [0.2, 0.25) is 0 Å². The highest BCUT2D eigenvalue weighted by atomic mass is 16.2. The van der Waals surface area contributed by atoms with Gasteiger partial charge in [0.15, 0.2) is 0 Å². The van der Waals surface area contributed by atoms with E-state index in [-0.39, 0.29) is 5.91 Å². The van der Waals surface area contributed by atoms with Crippen LogP contribution in [0, 0.1) is 0 Å². The summed E-state index contributed by atoms with van der Waals surface area (Å²) in [6, 6.07) is 1.85. The Balaban J connectivity index is 2.36. The van der Waals surface area contributed by atoms with Gasteiger partial charge in [0, 0.05) is 26.3 Å². The number of nitrogen functional groups attached to an aromatic ring is 1. The Morgan fingerprint density at radius 2 is 2.06 bits per heavy atom. The Kier molecular flexibility index (Phi) is 2.69. The zero-order chi connectivity index (χ0) is 12.6. The van der Waals surface area contributed by atoms with Crippen LogP contribution in [0.5, 0.6) is 0 Å². The molecule has 0 aromatic carbocycles. The summed E-state index contributed by atoms with van der Waals surface area (Å²) in [6.45, 7) is 5.36. The Morgan fingerprint density at radius 3 is 2.71 bits per heavy atom. The molecule has 0 atom stereocenters. The molecule has 0 bridgehead atoms. The van der Waals surface area contributed by atoms with Crippen LogP contribution in [0.1, 0.15) is 13.8 Å². The molecule has 1 amide bonds. The van der Waals surface area contributed by atoms with E-state index in [1.165, 1.54) is 0 Å². The van der Waals surface area contributed by atoms with E-state index in [0.29, 0.717) is 5.69 Å². The second-order valence-corrected chi connectivity index (χ2v) is 4.91. The van der Waals surface area contributed by atoms with E-state index in [1.807, 2.05) is 27.0 Å². The summed E-state index contributed by atoms with van der Waals surface area (Å²) in [5.74, 6) is 0.117. The third-order valence-corrected chi connectivity index (χ3v) is 3.26. The van der Waals surface area contributed by atoms with Crippen LogP contribution in [0.15, 0.2) is 18.5 Å². The second-order valence-electron chi connectivity index (χ2n) is 4.91. The van der Waals surface area contributed by atoms with Crippen molar-refractivity contribution in [3.63, 3.8) is 0 Å². The lowest BCUT2D eigenvalue weighted by molar-refractivity contribution is -0.136. The van der Waals surface area contributed by atoms with Gasteiger partial charge in [0.1, 0.15) is 5.54 Å². The zero-order valence-corrected chi connectivity index (χ0v) is 10.5. The largest absolute Gasteiger partial charge is 0.397 e. The Labute approximate surface area is 101 Å². The number of hydrogen-bond acceptors (Lipinski definition) is 4. The molecule has 0 unspecified atom stereocenters. The smallest absolute Gasteiger partial charge is 0.247 e. The van der Waals surface area contributed by atoms with Crippen molar-refractivity contribution in [3.8, 4) is 0 Å². The van der Waals surface area contributed by atoms with E-state index >= 15 is 0 Å². The number of likely N-dealkylation sites (N-methyl/N-ethyl adjacent to an activating group) is 1. The number of pyridine rings is 1. The molecule has 1 fully saturated rings. The van der Waals surface area contributed by atoms with E-state index in [1.54, 1.807) is 17.3 Å². The highest BCUT2D eigenvalue weighted by molar-refractivity contribution is 5.90. The van der Waals surface area contributed by atoms with E-state index in [2.05, 4.69) is 9.88 Å². The highest BCUT2D eigenvalue weighted by Crippen LogP contribution is 2.28. The van der Waals surface area contributed by atoms with Gasteiger partial charge in [-0.25, -0.2) is 0 Å². The van der Waals surface area contributed by atoms with Crippen molar-refractivity contribution >= 4 is 17.3 Å². The lowest BCUT2D eigenvalue weighted by Crippen LogP contribution is -2.62. The molecule has 0 aliphatic carbocycles. The molecule has 0 spiro atoms. The van der Waals surface area contributed by atoms with Crippen molar-refractivity contribution in [2.75, 3.05) is 30.8 Å². The third-order valence-electron chi connectivity index (χ3n) is 3.26. The Hall–Kier alpha value is -1.78. The maximum Gasteiger partial charge on any atom is 0.247 e. The number of rotatable bonds is 1. The predicted octanol–water partition coefficient (Wildman–Crippen LogP) is 0.721. The van der Waals surface area contributed by atoms with Crippen molar-refractivity contribution in [2.45, 2.75) is 19.4 Å². The minimum Gasteiger partial charge on any atom is -0.397 e. The van der Waals surface area contributed by atoms with Gasteiger partial charge in [-0.05, 0) is 19.9 Å². The number of carbonyl (C=O) groups excluding carboxylic acids is 1. The second kappa shape index (κ2) is 3.91. The van der Waals surface area contributed by atoms with Gasteiger partial charge in [-0.1, -0.05) is 0 Å². The standard InChI is InChI=1S/C12H18N4O/c1-12(2)11(17)15(3)4-5-16(12)10-6-9(13)7-14-8-10/h6-8H,4-5,13H2,1-3H3. The fourth-order valence-electron chi connectivity index (χ4n) is 2.26. The summed E-state index contributed by atoms with van der Waals surface area (Å²) < 4.78 is 0. The molecule has 17 heavy (non-hydrogen) atoms. The summed E-state index contributed by atoms with van der Waals surface area (Å²) in [7, 11) is 1.83. The van der Waals surface area contributed by atoms with Crippen LogP contribution in [0.3, 0.4) is 0 Å². The molecule has 5 heteroatoms. The van der Waals surface area contributed by atoms with E-state index < -0.39 is 5.54 Å². The van der Waals surface area contributed by atoms with Gasteiger partial charge in [0.25, 0.3) is 0 Å². The van der Waals surface area contributed by atoms with Crippen molar-refractivity contribution in [2.24, 2.45) is 0 Å². The number of piperazine rings is 1. The molecular formula is C12H18N4O. The number of carbonyl (C=O) groups is 1. The average molecular weight is 234 g/mol. The first kappa shape index (κ1) is 11.7. The zero-order valence-electron chi connectivity index (χ0n) is 10.5. The summed E-state index contributed by atoms with van der Waals surface area (Å²) in [6.07, 6.45) is 3.35. The first-order valence-electron chi connectivity index (χ1n) is 5.66. The van der Waals surface area contributed by atoms with Crippen molar-refractivity contribution < 1.29 is 4.79 Å². The maximum absolute atomic E-state index is 12.1. The number of hydrogen-bond donors (Lipinski definition) is 1. The number of aromatic nitrogens is 1. The van der Waals surface area contributed by atoms with Gasteiger partial charge in [-0.3, -0.25) is 9.78 Å². The van der Waals surface area contributed by atoms with E-state index in [9.17, 15) is 4.79 Å². The van der Waals surface area contributed by atoms with Crippen LogP contribution < -0.4 is 10.6 Å². The molecule has 2 heterocycles. The molecule has 92 valence electrons. The van der Waals surface area contributed by atoms with Crippen LogP contribution >= 0.6 is 0 Å². The summed E-state index contributed by atoms with van der Waals surface area (Å²) in [5.41, 5.74) is 6.69. The molecule has 0 radical (unpaired) electrons. The predicted molar refractivity (Wildman–Crippen MR) is 67.7 cm³/mol. The highest BCUT2D eigenvalue weighted by Gasteiger charge is 2.40. The Morgan fingerprint density at radius 1 is 1.35 bits per heavy atom. The average Bonchev–Trinajstić information content (AvgIpc) is 2.26. The van der Waals surface area contributed by atoms with Crippen LogP contribution in [0.4, 0.5) is 11.4 Å². The maximum atomic E-state index is 12.1. The topological polar surface area (TPSA) is 62.5 Å². The molecule has 0 saturated carbocycles. The Bertz CT molecular complexity index is 444. The molecule has 2 N–H and O–H groups in total. The number of anilines is 2. The van der Waals surface area contributed by atoms with Crippen LogP contribution in [-0.4, -0.2) is 41.5 Å². The third kappa shape index (κ3) is 1.92. The molecule has 1 aliphatic rings. The molecular weight excluding hydrogens is 216 g/mol. The van der Waals surface area contributed by atoms with Crippen LogP contribution in [-0.2, 0) is 4.79 Å². The summed E-state index contributed by atoms with van der Waals surface area (Å²) in [4.78, 5) is 20.0. The van der Waals surface area contributed by atoms with Gasteiger partial charge < -0.3 is 15.5 Å². The molecule has 2 rings (SSSR count). The van der Waals surface area contributed by atoms with Gasteiger partial charge in [-0.15, -0.1) is 0 Å². The van der Waals surface area contributed by atoms with Crippen molar-refractivity contribution in [1.82, 2.24) is 9.88 Å². The van der Waals surface area contributed by atoms with Gasteiger partial charge in [0.2, 0.25) is 5.91 Å². The SMILES string of the molecule is CN1CCN(c2cncc(N)c2)C(C)(C)C1=O. The number of nitrogens with two attached hydrogens (primary N) is 1. The molecule has 1 aromatic heterocycles. The monoisotopic (exact) mass is 234 g/mol. The normalized spacial score (nSPS) is 19.6. The quantitative estimate of drug-likeness (QED) is 0.777. The van der Waals surface area contributed by atoms with Crippen molar-refractivity contribution in [3.05, 3.63) is 18.5 Å².